The molecule has 0 spiro atoms. The van der Waals surface area contributed by atoms with E-state index in [4.69, 9.17) is 5.73 Å². The zero-order valence-corrected chi connectivity index (χ0v) is 12.5. The van der Waals surface area contributed by atoms with Gasteiger partial charge in [0.15, 0.2) is 0 Å². The first-order chi connectivity index (χ1) is 8.27. The van der Waals surface area contributed by atoms with Gasteiger partial charge in [-0.05, 0) is 38.1 Å². The third-order valence-corrected chi connectivity index (χ3v) is 3.79. The van der Waals surface area contributed by atoms with Crippen molar-refractivity contribution in [2.24, 2.45) is 11.7 Å². The van der Waals surface area contributed by atoms with E-state index in [0.29, 0.717) is 5.91 Å². The largest absolute Gasteiger partial charge is 0.342 e. The van der Waals surface area contributed by atoms with Crippen molar-refractivity contribution in [1.29, 1.82) is 0 Å². The molecular weight excluding hydrogens is 248 g/mol. The highest BCUT2D eigenvalue weighted by molar-refractivity contribution is 5.85. The van der Waals surface area contributed by atoms with Crippen LogP contribution in [-0.4, -0.2) is 30.4 Å². The topological polar surface area (TPSA) is 46.3 Å². The fraction of sp³-hybridized carbons (Fsp3) is 0.929. The number of carbonyl (C=O) groups is 1. The van der Waals surface area contributed by atoms with Crippen molar-refractivity contribution < 1.29 is 4.79 Å². The van der Waals surface area contributed by atoms with Crippen LogP contribution in [0, 0.1) is 5.92 Å². The minimum atomic E-state index is 0. The minimum Gasteiger partial charge on any atom is -0.342 e. The third-order valence-electron chi connectivity index (χ3n) is 3.79. The number of nitrogens with two attached hydrogens (primary N) is 1. The van der Waals surface area contributed by atoms with Crippen molar-refractivity contribution in [1.82, 2.24) is 4.90 Å². The second-order valence-corrected chi connectivity index (χ2v) is 5.21. The molecule has 108 valence electrons. The van der Waals surface area contributed by atoms with Crippen LogP contribution in [0.1, 0.15) is 58.3 Å². The molecule has 0 aromatic rings. The van der Waals surface area contributed by atoms with Gasteiger partial charge in [-0.1, -0.05) is 26.2 Å². The maximum absolute atomic E-state index is 12.0. The molecule has 0 saturated carbocycles. The summed E-state index contributed by atoms with van der Waals surface area (Å²) in [5.41, 5.74) is 5.44. The molecule has 0 radical (unpaired) electrons. The van der Waals surface area contributed by atoms with Gasteiger partial charge in [-0.25, -0.2) is 0 Å². The summed E-state index contributed by atoms with van der Waals surface area (Å²) in [5.74, 6) is 1.11. The molecule has 0 aliphatic carbocycles. The van der Waals surface area contributed by atoms with E-state index in [0.717, 1.165) is 51.2 Å². The van der Waals surface area contributed by atoms with Crippen LogP contribution in [0.3, 0.4) is 0 Å². The molecule has 1 saturated heterocycles. The molecule has 18 heavy (non-hydrogen) atoms. The highest BCUT2D eigenvalue weighted by Crippen LogP contribution is 2.20. The maximum atomic E-state index is 12.0. The van der Waals surface area contributed by atoms with Crippen molar-refractivity contribution in [3.05, 3.63) is 0 Å². The first kappa shape index (κ1) is 17.7. The van der Waals surface area contributed by atoms with Gasteiger partial charge in [-0.3, -0.25) is 4.79 Å². The van der Waals surface area contributed by atoms with Gasteiger partial charge in [0, 0.05) is 19.5 Å². The molecule has 0 bridgehead atoms. The highest BCUT2D eigenvalue weighted by atomic mass is 35.5. The van der Waals surface area contributed by atoms with Gasteiger partial charge in [0.05, 0.1) is 0 Å². The number of unbranched alkanes of at least 4 members (excludes halogenated alkanes) is 3. The zero-order valence-electron chi connectivity index (χ0n) is 11.7. The normalized spacial score (nSPS) is 19.4. The lowest BCUT2D eigenvalue weighted by molar-refractivity contribution is -0.133. The average molecular weight is 277 g/mol. The molecule has 1 amide bonds. The molecule has 1 fully saturated rings. The van der Waals surface area contributed by atoms with Gasteiger partial charge < -0.3 is 10.6 Å². The van der Waals surface area contributed by atoms with E-state index in [9.17, 15) is 4.79 Å². The zero-order chi connectivity index (χ0) is 12.5. The predicted octanol–water partition coefficient (Wildman–Crippen LogP) is 2.97. The SMILES string of the molecule is CCC1CCCN(C(=O)CCCCCCN)C1.Cl. The van der Waals surface area contributed by atoms with Crippen LogP contribution in [0.25, 0.3) is 0 Å². The van der Waals surface area contributed by atoms with Crippen molar-refractivity contribution in [2.45, 2.75) is 58.3 Å². The van der Waals surface area contributed by atoms with E-state index in [2.05, 4.69) is 11.8 Å². The lowest BCUT2D eigenvalue weighted by Gasteiger charge is -2.32. The number of carbonyl (C=O) groups excluding carboxylic acids is 1. The summed E-state index contributed by atoms with van der Waals surface area (Å²) in [6.45, 7) is 4.99. The highest BCUT2D eigenvalue weighted by Gasteiger charge is 2.21. The molecule has 3 nitrogen and oxygen atoms in total. The van der Waals surface area contributed by atoms with Gasteiger partial charge in [-0.15, -0.1) is 12.4 Å². The number of hydrogen-bond acceptors (Lipinski definition) is 2. The summed E-state index contributed by atoms with van der Waals surface area (Å²) >= 11 is 0. The quantitative estimate of drug-likeness (QED) is 0.727. The summed E-state index contributed by atoms with van der Waals surface area (Å²) in [6, 6.07) is 0. The standard InChI is InChI=1S/C14H28N2O.ClH/c1-2-13-8-7-11-16(12-13)14(17)9-5-3-4-6-10-15;/h13H,2-12,15H2,1H3;1H. The number of halogens is 1. The Bertz CT molecular complexity index is 224. The summed E-state index contributed by atoms with van der Waals surface area (Å²) in [5, 5.41) is 0. The van der Waals surface area contributed by atoms with E-state index in [1.165, 1.54) is 25.7 Å². The number of amides is 1. The Morgan fingerprint density at radius 2 is 2.00 bits per heavy atom. The first-order valence-corrected chi connectivity index (χ1v) is 7.25. The Morgan fingerprint density at radius 1 is 1.28 bits per heavy atom. The Labute approximate surface area is 118 Å². The summed E-state index contributed by atoms with van der Waals surface area (Å²) in [7, 11) is 0. The smallest absolute Gasteiger partial charge is 0.222 e. The molecule has 1 aliphatic heterocycles. The number of rotatable bonds is 7. The van der Waals surface area contributed by atoms with Crippen LogP contribution in [0.2, 0.25) is 0 Å². The summed E-state index contributed by atoms with van der Waals surface area (Å²) in [4.78, 5) is 14.1. The molecule has 1 unspecified atom stereocenters. The third kappa shape index (κ3) is 6.60. The molecule has 4 heteroatoms. The van der Waals surface area contributed by atoms with Crippen LogP contribution in [0.15, 0.2) is 0 Å². The second-order valence-electron chi connectivity index (χ2n) is 5.21. The lowest BCUT2D eigenvalue weighted by Crippen LogP contribution is -2.39. The van der Waals surface area contributed by atoms with Crippen LogP contribution < -0.4 is 5.73 Å². The number of nitrogens with zero attached hydrogens (tertiary/aromatic N) is 1. The van der Waals surface area contributed by atoms with Crippen LogP contribution in [-0.2, 0) is 4.79 Å². The average Bonchev–Trinajstić information content (AvgIpc) is 2.38. The summed E-state index contributed by atoms with van der Waals surface area (Å²) < 4.78 is 0. The molecule has 0 aromatic carbocycles. The Balaban J connectivity index is 0.00000289. The van der Waals surface area contributed by atoms with Crippen molar-refractivity contribution in [3.63, 3.8) is 0 Å². The molecule has 1 atom stereocenters. The van der Waals surface area contributed by atoms with E-state index in [-0.39, 0.29) is 12.4 Å². The monoisotopic (exact) mass is 276 g/mol. The predicted molar refractivity (Wildman–Crippen MR) is 79.0 cm³/mol. The van der Waals surface area contributed by atoms with E-state index in [1.54, 1.807) is 0 Å². The molecule has 0 aromatic heterocycles. The second kappa shape index (κ2) is 10.6. The molecule has 1 aliphatic rings. The van der Waals surface area contributed by atoms with E-state index >= 15 is 0 Å². The fourth-order valence-electron chi connectivity index (χ4n) is 2.56. The van der Waals surface area contributed by atoms with Crippen molar-refractivity contribution in [2.75, 3.05) is 19.6 Å². The van der Waals surface area contributed by atoms with Crippen LogP contribution in [0.4, 0.5) is 0 Å². The van der Waals surface area contributed by atoms with Gasteiger partial charge in [0.2, 0.25) is 5.91 Å². The lowest BCUT2D eigenvalue weighted by atomic mass is 9.95. The number of piperidine rings is 1. The van der Waals surface area contributed by atoms with E-state index in [1.807, 2.05) is 0 Å². The van der Waals surface area contributed by atoms with Gasteiger partial charge in [-0.2, -0.15) is 0 Å². The maximum Gasteiger partial charge on any atom is 0.222 e. The van der Waals surface area contributed by atoms with Crippen molar-refractivity contribution in [3.8, 4) is 0 Å². The Kier molecular flexibility index (Phi) is 10.5. The Morgan fingerprint density at radius 3 is 2.67 bits per heavy atom. The van der Waals surface area contributed by atoms with Crippen LogP contribution in [0.5, 0.6) is 0 Å². The van der Waals surface area contributed by atoms with Gasteiger partial charge in [0.25, 0.3) is 0 Å². The Hall–Kier alpha value is -0.280. The molecule has 1 rings (SSSR count). The van der Waals surface area contributed by atoms with Gasteiger partial charge in [0.1, 0.15) is 0 Å². The number of likely N-dealkylation sites (tertiary alicyclic amines) is 1. The molecular formula is C14H29ClN2O. The summed E-state index contributed by atoms with van der Waals surface area (Å²) in [6.07, 6.45) is 8.88. The van der Waals surface area contributed by atoms with Gasteiger partial charge >= 0.3 is 0 Å². The van der Waals surface area contributed by atoms with E-state index < -0.39 is 0 Å². The fourth-order valence-corrected chi connectivity index (χ4v) is 2.56. The number of hydrogen-bond donors (Lipinski definition) is 1. The minimum absolute atomic E-state index is 0. The van der Waals surface area contributed by atoms with Crippen molar-refractivity contribution >= 4 is 18.3 Å². The molecule has 2 N–H and O–H groups in total. The molecule has 1 heterocycles. The first-order valence-electron chi connectivity index (χ1n) is 7.25. The van der Waals surface area contributed by atoms with Crippen LogP contribution >= 0.6 is 12.4 Å².